The molecule has 24 heavy (non-hydrogen) atoms. The van der Waals surface area contributed by atoms with Crippen molar-refractivity contribution in [1.82, 2.24) is 10.6 Å². The van der Waals surface area contributed by atoms with E-state index in [2.05, 4.69) is 10.6 Å². The van der Waals surface area contributed by atoms with Gasteiger partial charge in [-0.3, -0.25) is 14.4 Å². The standard InChI is InChI=1S/C15H21N3O3.CH2O2/c16-8-2-1-3-12-14(20)18-13(15(21)17-12)9-10-4-6-11(19)7-5-10;2-1-3/h4-7,12-13,19H,1-3,8-9,16H2,(H,17,21)(H,18,20);1H,(H,2,3)/t12-,13+;/m0./s1. The third-order valence-electron chi connectivity index (χ3n) is 3.59. The fourth-order valence-corrected chi connectivity index (χ4v) is 2.38. The molecule has 0 aromatic heterocycles. The van der Waals surface area contributed by atoms with E-state index >= 15 is 0 Å². The second kappa shape index (κ2) is 10.2. The summed E-state index contributed by atoms with van der Waals surface area (Å²) in [4.78, 5) is 32.4. The van der Waals surface area contributed by atoms with Crippen LogP contribution in [0.5, 0.6) is 5.75 Å². The van der Waals surface area contributed by atoms with Crippen LogP contribution >= 0.6 is 0 Å². The molecule has 1 aromatic carbocycles. The number of phenolic OH excluding ortho intramolecular Hbond substituents is 1. The molecular formula is C16H23N3O5. The number of unbranched alkanes of at least 4 members (excludes halogenated alkanes) is 1. The summed E-state index contributed by atoms with van der Waals surface area (Å²) in [6.07, 6.45) is 2.68. The van der Waals surface area contributed by atoms with Crippen molar-refractivity contribution in [2.75, 3.05) is 6.54 Å². The minimum Gasteiger partial charge on any atom is -0.508 e. The molecule has 1 saturated heterocycles. The molecule has 0 bridgehead atoms. The van der Waals surface area contributed by atoms with Crippen LogP contribution in [-0.4, -0.2) is 47.1 Å². The van der Waals surface area contributed by atoms with Crippen LogP contribution in [0.25, 0.3) is 0 Å². The van der Waals surface area contributed by atoms with Crippen molar-refractivity contribution in [2.24, 2.45) is 5.73 Å². The average molecular weight is 337 g/mol. The van der Waals surface area contributed by atoms with Crippen molar-refractivity contribution >= 4 is 18.3 Å². The van der Waals surface area contributed by atoms with Gasteiger partial charge in [-0.1, -0.05) is 12.1 Å². The number of nitrogens with one attached hydrogen (secondary N) is 2. The van der Waals surface area contributed by atoms with Crippen LogP contribution in [0.4, 0.5) is 0 Å². The first-order valence-electron chi connectivity index (χ1n) is 7.68. The van der Waals surface area contributed by atoms with E-state index in [-0.39, 0.29) is 24.0 Å². The van der Waals surface area contributed by atoms with Gasteiger partial charge in [-0.15, -0.1) is 0 Å². The monoisotopic (exact) mass is 337 g/mol. The van der Waals surface area contributed by atoms with Crippen LogP contribution in [0.15, 0.2) is 24.3 Å². The Morgan fingerprint density at radius 3 is 2.17 bits per heavy atom. The van der Waals surface area contributed by atoms with E-state index in [0.717, 1.165) is 18.4 Å². The van der Waals surface area contributed by atoms with Crippen LogP contribution in [0.1, 0.15) is 24.8 Å². The van der Waals surface area contributed by atoms with Crippen molar-refractivity contribution in [3.05, 3.63) is 29.8 Å². The smallest absolute Gasteiger partial charge is 0.290 e. The molecule has 1 heterocycles. The van der Waals surface area contributed by atoms with Gasteiger partial charge in [0.2, 0.25) is 11.8 Å². The zero-order valence-electron chi connectivity index (χ0n) is 13.3. The molecule has 132 valence electrons. The van der Waals surface area contributed by atoms with Crippen molar-refractivity contribution in [3.8, 4) is 5.75 Å². The first-order valence-corrected chi connectivity index (χ1v) is 7.68. The highest BCUT2D eigenvalue weighted by Gasteiger charge is 2.32. The van der Waals surface area contributed by atoms with Gasteiger partial charge in [0.25, 0.3) is 6.47 Å². The zero-order chi connectivity index (χ0) is 17.9. The lowest BCUT2D eigenvalue weighted by Crippen LogP contribution is -2.62. The number of benzene rings is 1. The average Bonchev–Trinajstić information content (AvgIpc) is 2.55. The molecule has 0 radical (unpaired) electrons. The van der Waals surface area contributed by atoms with Gasteiger partial charge in [0.1, 0.15) is 17.8 Å². The molecule has 2 rings (SSSR count). The number of carboxylic acid groups (broad SMARTS) is 1. The number of hydrogen-bond donors (Lipinski definition) is 5. The third-order valence-corrected chi connectivity index (χ3v) is 3.59. The van der Waals surface area contributed by atoms with E-state index in [9.17, 15) is 14.7 Å². The van der Waals surface area contributed by atoms with Gasteiger partial charge in [0.05, 0.1) is 0 Å². The number of piperazine rings is 1. The van der Waals surface area contributed by atoms with E-state index in [1.54, 1.807) is 24.3 Å². The zero-order valence-corrected chi connectivity index (χ0v) is 13.3. The summed E-state index contributed by atoms with van der Waals surface area (Å²) in [5.74, 6) is -0.133. The Balaban J connectivity index is 0.000000891. The highest BCUT2D eigenvalue weighted by molar-refractivity contribution is 5.97. The fraction of sp³-hybridized carbons (Fsp3) is 0.438. The summed E-state index contributed by atoms with van der Waals surface area (Å²) in [6, 6.07) is 5.58. The quantitative estimate of drug-likeness (QED) is 0.358. The number of nitrogens with two attached hydrogens (primary N) is 1. The first-order chi connectivity index (χ1) is 11.5. The Bertz CT molecular complexity index is 547. The highest BCUT2D eigenvalue weighted by Crippen LogP contribution is 2.13. The van der Waals surface area contributed by atoms with Crippen LogP contribution in [0.2, 0.25) is 0 Å². The number of carbonyl (C=O) groups is 3. The molecule has 1 aliphatic heterocycles. The van der Waals surface area contributed by atoms with Crippen molar-refractivity contribution in [2.45, 2.75) is 37.8 Å². The molecule has 0 aliphatic carbocycles. The van der Waals surface area contributed by atoms with Gasteiger partial charge in [-0.05, 0) is 43.5 Å². The Labute approximate surface area is 140 Å². The van der Waals surface area contributed by atoms with Crippen LogP contribution in [0, 0.1) is 0 Å². The maximum absolute atomic E-state index is 12.1. The molecule has 0 saturated carbocycles. The molecule has 2 amide bonds. The summed E-state index contributed by atoms with van der Waals surface area (Å²) in [6.45, 7) is 0.339. The maximum atomic E-state index is 12.1. The summed E-state index contributed by atoms with van der Waals surface area (Å²) in [5, 5.41) is 21.7. The van der Waals surface area contributed by atoms with Crippen LogP contribution < -0.4 is 16.4 Å². The number of aromatic hydroxyl groups is 1. The second-order valence-electron chi connectivity index (χ2n) is 5.38. The third kappa shape index (κ3) is 6.25. The van der Waals surface area contributed by atoms with Crippen LogP contribution in [0.3, 0.4) is 0 Å². The Morgan fingerprint density at radius 2 is 1.58 bits per heavy atom. The minimum atomic E-state index is -0.562. The van der Waals surface area contributed by atoms with E-state index in [4.69, 9.17) is 15.6 Å². The molecule has 8 nitrogen and oxygen atoms in total. The van der Waals surface area contributed by atoms with Gasteiger partial charge in [-0.25, -0.2) is 0 Å². The summed E-state index contributed by atoms with van der Waals surface area (Å²) >= 11 is 0. The normalized spacial score (nSPS) is 19.5. The lowest BCUT2D eigenvalue weighted by molar-refractivity contribution is -0.136. The molecule has 0 spiro atoms. The van der Waals surface area contributed by atoms with E-state index in [0.29, 0.717) is 19.4 Å². The maximum Gasteiger partial charge on any atom is 0.290 e. The predicted molar refractivity (Wildman–Crippen MR) is 87.3 cm³/mol. The van der Waals surface area contributed by atoms with Crippen molar-refractivity contribution in [3.63, 3.8) is 0 Å². The lowest BCUT2D eigenvalue weighted by Gasteiger charge is -2.29. The summed E-state index contributed by atoms with van der Waals surface area (Å²) in [5.41, 5.74) is 6.30. The van der Waals surface area contributed by atoms with Gasteiger partial charge < -0.3 is 26.6 Å². The van der Waals surface area contributed by atoms with E-state index in [1.807, 2.05) is 0 Å². The molecule has 1 aliphatic rings. The lowest BCUT2D eigenvalue weighted by atomic mass is 10.00. The Hall–Kier alpha value is -2.61. The predicted octanol–water partition coefficient (Wildman–Crippen LogP) is -0.252. The van der Waals surface area contributed by atoms with Crippen LogP contribution in [-0.2, 0) is 20.8 Å². The number of carbonyl (C=O) groups excluding carboxylic acids is 2. The molecule has 1 aromatic rings. The number of rotatable bonds is 6. The molecule has 1 fully saturated rings. The fourth-order valence-electron chi connectivity index (χ4n) is 2.38. The SMILES string of the molecule is NCCCC[C@@H]1NC(=O)[C@@H](Cc2ccc(O)cc2)NC1=O.O=CO. The topological polar surface area (TPSA) is 142 Å². The van der Waals surface area contributed by atoms with Crippen molar-refractivity contribution in [1.29, 1.82) is 0 Å². The number of hydrogen-bond acceptors (Lipinski definition) is 5. The molecule has 2 atom stereocenters. The van der Waals surface area contributed by atoms with Gasteiger partial charge in [0, 0.05) is 6.42 Å². The summed E-state index contributed by atoms with van der Waals surface area (Å²) < 4.78 is 0. The Morgan fingerprint density at radius 1 is 1.04 bits per heavy atom. The largest absolute Gasteiger partial charge is 0.508 e. The minimum absolute atomic E-state index is 0.143. The van der Waals surface area contributed by atoms with Crippen molar-refractivity contribution < 1.29 is 24.6 Å². The molecule has 0 unspecified atom stereocenters. The van der Waals surface area contributed by atoms with E-state index in [1.165, 1.54) is 0 Å². The molecule has 6 N–H and O–H groups in total. The Kier molecular flexibility index (Phi) is 8.28. The summed E-state index contributed by atoms with van der Waals surface area (Å²) in [7, 11) is 0. The first kappa shape index (κ1) is 19.4. The van der Waals surface area contributed by atoms with Gasteiger partial charge in [-0.2, -0.15) is 0 Å². The highest BCUT2D eigenvalue weighted by atomic mass is 16.3. The van der Waals surface area contributed by atoms with Gasteiger partial charge >= 0.3 is 0 Å². The number of phenols is 1. The van der Waals surface area contributed by atoms with E-state index < -0.39 is 12.1 Å². The molecule has 8 heteroatoms. The number of amides is 2. The molecular weight excluding hydrogens is 314 g/mol. The second-order valence-corrected chi connectivity index (χ2v) is 5.38. The van der Waals surface area contributed by atoms with Gasteiger partial charge in [0.15, 0.2) is 0 Å².